The number of amides is 2. The number of carbonyl (C=O) groups excluding carboxylic acids is 2. The lowest BCUT2D eigenvalue weighted by molar-refractivity contribution is 0.0998. The third-order valence-corrected chi connectivity index (χ3v) is 7.12. The van der Waals surface area contributed by atoms with Crippen LogP contribution in [0, 0.1) is 5.92 Å². The van der Waals surface area contributed by atoms with Crippen LogP contribution in [0.3, 0.4) is 0 Å². The maximum absolute atomic E-state index is 13.0. The number of sulfonamides is 1. The van der Waals surface area contributed by atoms with Crippen molar-refractivity contribution in [1.82, 2.24) is 4.31 Å². The van der Waals surface area contributed by atoms with Gasteiger partial charge in [-0.1, -0.05) is 6.92 Å². The van der Waals surface area contributed by atoms with Crippen molar-refractivity contribution in [2.24, 2.45) is 11.7 Å². The Bertz CT molecular complexity index is 1040. The fourth-order valence-corrected chi connectivity index (χ4v) is 4.81. The van der Waals surface area contributed by atoms with Gasteiger partial charge in [-0.2, -0.15) is 4.31 Å². The number of nitrogens with zero attached hydrogens (tertiary/aromatic N) is 1. The fraction of sp³-hybridized carbons (Fsp3) is 0.333. The highest BCUT2D eigenvalue weighted by atomic mass is 32.2. The number of hydrogen-bond acceptors (Lipinski definition) is 5. The van der Waals surface area contributed by atoms with Crippen LogP contribution in [0.2, 0.25) is 0 Å². The number of nitrogens with two attached hydrogens (primary N) is 1. The van der Waals surface area contributed by atoms with E-state index < -0.39 is 21.8 Å². The predicted octanol–water partition coefficient (Wildman–Crippen LogP) is 2.47. The molecule has 3 rings (SSSR count). The Morgan fingerprint density at radius 2 is 1.73 bits per heavy atom. The van der Waals surface area contributed by atoms with Gasteiger partial charge in [0.25, 0.3) is 5.91 Å². The SMILES string of the molecule is COc1ccc(S(=O)(=O)N2CCC(C)CC2)cc1C(=O)Nc1ccc(C(N)=O)cc1. The lowest BCUT2D eigenvalue weighted by Crippen LogP contribution is -2.37. The van der Waals surface area contributed by atoms with Gasteiger partial charge in [-0.3, -0.25) is 9.59 Å². The molecule has 2 aromatic carbocycles. The first-order valence-corrected chi connectivity index (χ1v) is 11.1. The van der Waals surface area contributed by atoms with E-state index in [2.05, 4.69) is 12.2 Å². The Balaban J connectivity index is 1.86. The first kappa shape index (κ1) is 21.8. The van der Waals surface area contributed by atoms with E-state index in [1.807, 2.05) is 0 Å². The average Bonchev–Trinajstić information content (AvgIpc) is 2.74. The molecule has 160 valence electrons. The Labute approximate surface area is 176 Å². The molecule has 2 amide bonds. The van der Waals surface area contributed by atoms with Crippen molar-refractivity contribution in [2.75, 3.05) is 25.5 Å². The number of ether oxygens (including phenoxy) is 1. The van der Waals surface area contributed by atoms with Gasteiger partial charge < -0.3 is 15.8 Å². The van der Waals surface area contributed by atoms with E-state index in [1.54, 1.807) is 12.1 Å². The van der Waals surface area contributed by atoms with Crippen molar-refractivity contribution in [2.45, 2.75) is 24.7 Å². The van der Waals surface area contributed by atoms with Crippen molar-refractivity contribution in [1.29, 1.82) is 0 Å². The summed E-state index contributed by atoms with van der Waals surface area (Å²) in [5, 5.41) is 2.68. The summed E-state index contributed by atoms with van der Waals surface area (Å²) < 4.78 is 32.8. The summed E-state index contributed by atoms with van der Waals surface area (Å²) in [6.07, 6.45) is 1.62. The monoisotopic (exact) mass is 431 g/mol. The zero-order chi connectivity index (χ0) is 21.9. The van der Waals surface area contributed by atoms with E-state index in [1.165, 1.54) is 41.7 Å². The standard InChI is InChI=1S/C21H25N3O5S/c1-14-9-11-24(12-10-14)30(27,28)17-7-8-19(29-2)18(13-17)21(26)23-16-5-3-15(4-6-16)20(22)25/h3-8,13-14H,9-12H2,1-2H3,(H2,22,25)(H,23,26). The van der Waals surface area contributed by atoms with Crippen LogP contribution < -0.4 is 15.8 Å². The molecule has 1 fully saturated rings. The molecular formula is C21H25N3O5S. The third-order valence-electron chi connectivity index (χ3n) is 5.22. The summed E-state index contributed by atoms with van der Waals surface area (Å²) >= 11 is 0. The molecule has 0 atom stereocenters. The van der Waals surface area contributed by atoms with Gasteiger partial charge in [0.15, 0.2) is 0 Å². The molecule has 3 N–H and O–H groups in total. The molecular weight excluding hydrogens is 406 g/mol. The fourth-order valence-electron chi connectivity index (χ4n) is 3.32. The van der Waals surface area contributed by atoms with Crippen LogP contribution in [0.1, 0.15) is 40.5 Å². The number of nitrogens with one attached hydrogen (secondary N) is 1. The molecule has 0 bridgehead atoms. The van der Waals surface area contributed by atoms with E-state index in [4.69, 9.17) is 10.5 Å². The second-order valence-electron chi connectivity index (χ2n) is 7.34. The molecule has 1 saturated heterocycles. The van der Waals surface area contributed by atoms with E-state index in [0.29, 0.717) is 30.3 Å². The van der Waals surface area contributed by atoms with Gasteiger partial charge in [-0.15, -0.1) is 0 Å². The van der Waals surface area contributed by atoms with Crippen molar-refractivity contribution in [3.8, 4) is 5.75 Å². The maximum atomic E-state index is 13.0. The molecule has 1 aliphatic rings. The van der Waals surface area contributed by atoms with Gasteiger partial charge >= 0.3 is 0 Å². The Morgan fingerprint density at radius 1 is 1.10 bits per heavy atom. The first-order valence-electron chi connectivity index (χ1n) is 9.62. The molecule has 0 saturated carbocycles. The number of rotatable bonds is 6. The molecule has 9 heteroatoms. The molecule has 0 radical (unpaired) electrons. The number of benzene rings is 2. The molecule has 2 aromatic rings. The minimum Gasteiger partial charge on any atom is -0.496 e. The molecule has 8 nitrogen and oxygen atoms in total. The summed E-state index contributed by atoms with van der Waals surface area (Å²) in [4.78, 5) is 24.0. The number of primary amides is 1. The van der Waals surface area contributed by atoms with Crippen LogP contribution >= 0.6 is 0 Å². The van der Waals surface area contributed by atoms with E-state index in [9.17, 15) is 18.0 Å². The van der Waals surface area contributed by atoms with Gasteiger partial charge in [-0.25, -0.2) is 8.42 Å². The van der Waals surface area contributed by atoms with Crippen LogP contribution in [0.15, 0.2) is 47.4 Å². The van der Waals surface area contributed by atoms with E-state index in [-0.39, 0.29) is 16.2 Å². The zero-order valence-electron chi connectivity index (χ0n) is 16.9. The Morgan fingerprint density at radius 3 is 2.30 bits per heavy atom. The molecule has 1 heterocycles. The molecule has 0 spiro atoms. The highest BCUT2D eigenvalue weighted by Gasteiger charge is 2.29. The van der Waals surface area contributed by atoms with E-state index >= 15 is 0 Å². The first-order chi connectivity index (χ1) is 14.2. The van der Waals surface area contributed by atoms with Crippen molar-refractivity contribution in [3.05, 3.63) is 53.6 Å². The topological polar surface area (TPSA) is 119 Å². The van der Waals surface area contributed by atoms with Gasteiger partial charge in [0.1, 0.15) is 5.75 Å². The average molecular weight is 432 g/mol. The van der Waals surface area contributed by atoms with Crippen LogP contribution in [-0.4, -0.2) is 44.7 Å². The smallest absolute Gasteiger partial charge is 0.259 e. The number of methoxy groups -OCH3 is 1. The van der Waals surface area contributed by atoms with Gasteiger partial charge in [-0.05, 0) is 61.2 Å². The lowest BCUT2D eigenvalue weighted by Gasteiger charge is -2.29. The molecule has 30 heavy (non-hydrogen) atoms. The van der Waals surface area contributed by atoms with Crippen molar-refractivity contribution >= 4 is 27.5 Å². The number of piperidine rings is 1. The minimum atomic E-state index is -3.71. The van der Waals surface area contributed by atoms with Crippen molar-refractivity contribution < 1.29 is 22.7 Å². The molecule has 0 unspecified atom stereocenters. The zero-order valence-corrected chi connectivity index (χ0v) is 17.7. The number of carbonyl (C=O) groups is 2. The molecule has 1 aliphatic heterocycles. The number of hydrogen-bond donors (Lipinski definition) is 2. The third kappa shape index (κ3) is 4.63. The minimum absolute atomic E-state index is 0.0482. The second kappa shape index (κ2) is 8.85. The second-order valence-corrected chi connectivity index (χ2v) is 9.28. The molecule has 0 aliphatic carbocycles. The summed E-state index contributed by atoms with van der Waals surface area (Å²) in [5.74, 6) is -0.343. The van der Waals surface area contributed by atoms with E-state index in [0.717, 1.165) is 12.8 Å². The summed E-state index contributed by atoms with van der Waals surface area (Å²) in [6, 6.07) is 10.3. The largest absolute Gasteiger partial charge is 0.496 e. The van der Waals surface area contributed by atoms with Crippen molar-refractivity contribution in [3.63, 3.8) is 0 Å². The maximum Gasteiger partial charge on any atom is 0.259 e. The number of anilines is 1. The van der Waals surface area contributed by atoms with Gasteiger partial charge in [0.2, 0.25) is 15.9 Å². The van der Waals surface area contributed by atoms with Gasteiger partial charge in [0, 0.05) is 24.3 Å². The highest BCUT2D eigenvalue weighted by Crippen LogP contribution is 2.28. The van der Waals surface area contributed by atoms with Crippen LogP contribution in [0.4, 0.5) is 5.69 Å². The van der Waals surface area contributed by atoms with Crippen LogP contribution in [-0.2, 0) is 10.0 Å². The summed E-state index contributed by atoms with van der Waals surface area (Å²) in [5.41, 5.74) is 6.07. The Hall–Kier alpha value is -2.91. The Kier molecular flexibility index (Phi) is 6.42. The van der Waals surface area contributed by atoms with Crippen LogP contribution in [0.25, 0.3) is 0 Å². The normalized spacial score (nSPS) is 15.5. The summed E-state index contributed by atoms with van der Waals surface area (Å²) in [7, 11) is -2.30. The highest BCUT2D eigenvalue weighted by molar-refractivity contribution is 7.89. The lowest BCUT2D eigenvalue weighted by atomic mass is 10.0. The summed E-state index contributed by atoms with van der Waals surface area (Å²) in [6.45, 7) is 3.03. The van der Waals surface area contributed by atoms with Gasteiger partial charge in [0.05, 0.1) is 17.6 Å². The van der Waals surface area contributed by atoms with Crippen LogP contribution in [0.5, 0.6) is 5.75 Å². The predicted molar refractivity (Wildman–Crippen MR) is 113 cm³/mol. The quantitative estimate of drug-likeness (QED) is 0.728. The molecule has 0 aromatic heterocycles.